The number of carbonyl (C=O) groups is 1. The summed E-state index contributed by atoms with van der Waals surface area (Å²) in [6.45, 7) is 6.51. The fourth-order valence-corrected chi connectivity index (χ4v) is 5.40. The average molecular weight is 425 g/mol. The van der Waals surface area contributed by atoms with Gasteiger partial charge in [0.15, 0.2) is 0 Å². The van der Waals surface area contributed by atoms with Crippen molar-refractivity contribution in [3.05, 3.63) is 28.3 Å². The van der Waals surface area contributed by atoms with E-state index in [0.29, 0.717) is 45.0 Å². The maximum atomic E-state index is 12.9. The second kappa shape index (κ2) is 8.66. The van der Waals surface area contributed by atoms with Crippen molar-refractivity contribution in [3.63, 3.8) is 0 Å². The van der Waals surface area contributed by atoms with Crippen molar-refractivity contribution in [2.75, 3.05) is 44.2 Å². The first-order valence-electron chi connectivity index (χ1n) is 10.0. The average Bonchev–Trinajstić information content (AvgIpc) is 2.73. The number of rotatable bonds is 5. The number of sulfonamides is 1. The van der Waals surface area contributed by atoms with Gasteiger partial charge in [0, 0.05) is 51.3 Å². The van der Waals surface area contributed by atoms with E-state index in [1.165, 1.54) is 22.5 Å². The summed E-state index contributed by atoms with van der Waals surface area (Å²) in [5.41, 5.74) is 0.177. The maximum absolute atomic E-state index is 12.9. The Hall–Kier alpha value is -2.20. The van der Waals surface area contributed by atoms with Crippen molar-refractivity contribution in [1.82, 2.24) is 9.21 Å². The maximum Gasteiger partial charge on any atom is 0.293 e. The zero-order valence-corrected chi connectivity index (χ0v) is 17.7. The van der Waals surface area contributed by atoms with E-state index in [4.69, 9.17) is 0 Å². The van der Waals surface area contributed by atoms with Gasteiger partial charge >= 0.3 is 0 Å². The van der Waals surface area contributed by atoms with Gasteiger partial charge < -0.3 is 9.80 Å². The van der Waals surface area contributed by atoms with Gasteiger partial charge in [-0.1, -0.05) is 20.3 Å². The topological polar surface area (TPSA) is 104 Å². The van der Waals surface area contributed by atoms with Gasteiger partial charge in [0.05, 0.1) is 9.82 Å². The smallest absolute Gasteiger partial charge is 0.293 e. The fourth-order valence-electron chi connectivity index (χ4n) is 3.86. The summed E-state index contributed by atoms with van der Waals surface area (Å²) in [6.07, 6.45) is 2.61. The van der Waals surface area contributed by atoms with E-state index >= 15 is 0 Å². The minimum Gasteiger partial charge on any atom is -0.362 e. The van der Waals surface area contributed by atoms with Crippen molar-refractivity contribution in [1.29, 1.82) is 0 Å². The number of carbonyl (C=O) groups excluding carboxylic acids is 1. The third kappa shape index (κ3) is 4.53. The lowest BCUT2D eigenvalue weighted by Crippen LogP contribution is -2.50. The molecule has 2 heterocycles. The van der Waals surface area contributed by atoms with Crippen LogP contribution in [0.1, 0.15) is 33.1 Å². The number of piperazine rings is 1. The molecule has 2 fully saturated rings. The zero-order valence-electron chi connectivity index (χ0n) is 16.9. The van der Waals surface area contributed by atoms with Gasteiger partial charge in [-0.15, -0.1) is 0 Å². The van der Waals surface area contributed by atoms with Crippen LogP contribution in [0.3, 0.4) is 0 Å². The Labute approximate surface area is 171 Å². The molecule has 1 amide bonds. The molecule has 2 aliphatic rings. The van der Waals surface area contributed by atoms with Crippen LogP contribution in [0.4, 0.5) is 11.4 Å². The molecule has 2 saturated heterocycles. The molecule has 2 aliphatic heterocycles. The number of benzene rings is 1. The summed E-state index contributed by atoms with van der Waals surface area (Å²) in [7, 11) is -3.74. The lowest BCUT2D eigenvalue weighted by Gasteiger charge is -2.36. The molecule has 9 nitrogen and oxygen atoms in total. The Morgan fingerprint density at radius 1 is 1.03 bits per heavy atom. The highest BCUT2D eigenvalue weighted by molar-refractivity contribution is 7.89. The molecule has 0 atom stereocenters. The molecule has 0 aliphatic carbocycles. The van der Waals surface area contributed by atoms with Gasteiger partial charge in [0.2, 0.25) is 15.9 Å². The predicted molar refractivity (Wildman–Crippen MR) is 109 cm³/mol. The van der Waals surface area contributed by atoms with Gasteiger partial charge in [-0.05, 0) is 25.0 Å². The Balaban J connectivity index is 1.82. The molecule has 29 heavy (non-hydrogen) atoms. The molecule has 0 N–H and O–H groups in total. The van der Waals surface area contributed by atoms with Crippen LogP contribution in [-0.4, -0.2) is 67.7 Å². The first-order valence-corrected chi connectivity index (χ1v) is 11.5. The van der Waals surface area contributed by atoms with Gasteiger partial charge in [-0.2, -0.15) is 4.31 Å². The predicted octanol–water partition coefficient (Wildman–Crippen LogP) is 2.07. The number of nitrogens with zero attached hydrogens (tertiary/aromatic N) is 4. The van der Waals surface area contributed by atoms with Crippen molar-refractivity contribution < 1.29 is 18.1 Å². The highest BCUT2D eigenvalue weighted by Crippen LogP contribution is 2.33. The normalized spacial score (nSPS) is 18.9. The standard InChI is InChI=1S/C19H28N4O5S/c1-15(2)19(24)21-12-10-20(11-13-21)17-7-6-16(14-18(17)23(25)26)29(27,28)22-8-4-3-5-9-22/h6-7,14-15H,3-5,8-13H2,1-2H3. The number of nitro groups is 1. The molecule has 0 spiro atoms. The third-order valence-electron chi connectivity index (χ3n) is 5.52. The Bertz CT molecular complexity index is 873. The second-order valence-electron chi connectivity index (χ2n) is 7.84. The largest absolute Gasteiger partial charge is 0.362 e. The number of hydrogen-bond acceptors (Lipinski definition) is 6. The Morgan fingerprint density at radius 3 is 2.21 bits per heavy atom. The summed E-state index contributed by atoms with van der Waals surface area (Å²) >= 11 is 0. The molecular formula is C19H28N4O5S. The first-order chi connectivity index (χ1) is 13.7. The zero-order chi connectivity index (χ0) is 21.2. The number of anilines is 1. The molecule has 10 heteroatoms. The SMILES string of the molecule is CC(C)C(=O)N1CCN(c2ccc(S(=O)(=O)N3CCCCC3)cc2[N+](=O)[O-])CC1. The van der Waals surface area contributed by atoms with E-state index in [1.807, 2.05) is 18.7 Å². The number of hydrogen-bond donors (Lipinski definition) is 0. The van der Waals surface area contributed by atoms with E-state index in [9.17, 15) is 23.3 Å². The van der Waals surface area contributed by atoms with E-state index in [1.54, 1.807) is 4.90 Å². The van der Waals surface area contributed by atoms with Crippen LogP contribution < -0.4 is 4.90 Å². The highest BCUT2D eigenvalue weighted by Gasteiger charge is 2.31. The minimum atomic E-state index is -3.74. The van der Waals surface area contributed by atoms with Crippen LogP contribution in [0.15, 0.2) is 23.1 Å². The molecular weight excluding hydrogens is 396 g/mol. The lowest BCUT2D eigenvalue weighted by atomic mass is 10.1. The number of amides is 1. The van der Waals surface area contributed by atoms with Crippen LogP contribution in [0.25, 0.3) is 0 Å². The molecule has 3 rings (SSSR count). The molecule has 0 radical (unpaired) electrons. The van der Waals surface area contributed by atoms with Gasteiger partial charge in [0.1, 0.15) is 5.69 Å². The number of nitro benzene ring substituents is 1. The summed E-state index contributed by atoms with van der Waals surface area (Å²) < 4.78 is 27.2. The monoisotopic (exact) mass is 424 g/mol. The molecule has 160 valence electrons. The fraction of sp³-hybridized carbons (Fsp3) is 0.632. The van der Waals surface area contributed by atoms with Crippen molar-refractivity contribution >= 4 is 27.3 Å². The van der Waals surface area contributed by atoms with Gasteiger partial charge in [0.25, 0.3) is 5.69 Å². The molecule has 0 bridgehead atoms. The summed E-state index contributed by atoms with van der Waals surface area (Å²) in [5.74, 6) is -0.0164. The number of piperidine rings is 1. The minimum absolute atomic E-state index is 0.0385. The Morgan fingerprint density at radius 2 is 1.66 bits per heavy atom. The Kier molecular flexibility index (Phi) is 6.42. The summed E-state index contributed by atoms with van der Waals surface area (Å²) in [6, 6.07) is 4.15. The second-order valence-corrected chi connectivity index (χ2v) is 9.78. The van der Waals surface area contributed by atoms with E-state index in [2.05, 4.69) is 0 Å². The van der Waals surface area contributed by atoms with Gasteiger partial charge in [-0.3, -0.25) is 14.9 Å². The molecule has 1 aromatic carbocycles. The molecule has 1 aromatic rings. The van der Waals surface area contributed by atoms with E-state index < -0.39 is 14.9 Å². The highest BCUT2D eigenvalue weighted by atomic mass is 32.2. The van der Waals surface area contributed by atoms with Crippen molar-refractivity contribution in [3.8, 4) is 0 Å². The third-order valence-corrected chi connectivity index (χ3v) is 7.42. The van der Waals surface area contributed by atoms with Crippen LogP contribution >= 0.6 is 0 Å². The molecule has 0 unspecified atom stereocenters. The summed E-state index contributed by atoms with van der Waals surface area (Å²) in [4.78, 5) is 26.9. The van der Waals surface area contributed by atoms with E-state index in [-0.39, 0.29) is 22.4 Å². The van der Waals surface area contributed by atoms with Crippen molar-refractivity contribution in [2.45, 2.75) is 38.0 Å². The lowest BCUT2D eigenvalue weighted by molar-refractivity contribution is -0.384. The van der Waals surface area contributed by atoms with Crippen molar-refractivity contribution in [2.24, 2.45) is 5.92 Å². The van der Waals surface area contributed by atoms with E-state index in [0.717, 1.165) is 19.3 Å². The van der Waals surface area contributed by atoms with Crippen LogP contribution in [-0.2, 0) is 14.8 Å². The quantitative estimate of drug-likeness (QED) is 0.529. The summed E-state index contributed by atoms with van der Waals surface area (Å²) in [5, 5.41) is 11.7. The van der Waals surface area contributed by atoms with Crippen LogP contribution in [0.2, 0.25) is 0 Å². The molecule has 0 aromatic heterocycles. The van der Waals surface area contributed by atoms with Crippen LogP contribution in [0.5, 0.6) is 0 Å². The van der Waals surface area contributed by atoms with Gasteiger partial charge in [-0.25, -0.2) is 8.42 Å². The van der Waals surface area contributed by atoms with Crippen LogP contribution in [0, 0.1) is 16.0 Å². The molecule has 0 saturated carbocycles. The first kappa shape index (κ1) is 21.5.